The summed E-state index contributed by atoms with van der Waals surface area (Å²) in [6.07, 6.45) is 5.95. The molecule has 4 N–H and O–H groups in total. The predicted octanol–water partition coefficient (Wildman–Crippen LogP) is 2.99. The second-order valence-electron chi connectivity index (χ2n) is 6.23. The fourth-order valence-electron chi connectivity index (χ4n) is 2.99. The lowest BCUT2D eigenvalue weighted by Gasteiger charge is -2.21. The number of benzene rings is 1. The largest absolute Gasteiger partial charge is 0.368 e. The van der Waals surface area contributed by atoms with E-state index in [0.717, 1.165) is 18.5 Å². The summed E-state index contributed by atoms with van der Waals surface area (Å²) in [5.41, 5.74) is 6.65. The summed E-state index contributed by atoms with van der Waals surface area (Å²) in [5, 5.41) is 10.3. The number of hydrogen-bond donors (Lipinski definition) is 3. The van der Waals surface area contributed by atoms with Crippen LogP contribution in [0.3, 0.4) is 0 Å². The minimum Gasteiger partial charge on any atom is -0.368 e. The first-order valence-electron chi connectivity index (χ1n) is 8.70. The van der Waals surface area contributed by atoms with E-state index in [-0.39, 0.29) is 17.6 Å². The van der Waals surface area contributed by atoms with E-state index in [1.54, 1.807) is 0 Å². The van der Waals surface area contributed by atoms with Crippen LogP contribution < -0.4 is 16.4 Å². The summed E-state index contributed by atoms with van der Waals surface area (Å²) in [6.45, 7) is 0. The highest BCUT2D eigenvalue weighted by atomic mass is 16.5. The molecule has 134 valence electrons. The van der Waals surface area contributed by atoms with Crippen LogP contribution in [0, 0.1) is 0 Å². The Morgan fingerprint density at radius 2 is 1.73 bits per heavy atom. The van der Waals surface area contributed by atoms with E-state index in [2.05, 4.69) is 35.7 Å². The molecule has 4 rings (SSSR count). The van der Waals surface area contributed by atoms with Gasteiger partial charge in [0.05, 0.1) is 0 Å². The van der Waals surface area contributed by atoms with Gasteiger partial charge in [0.1, 0.15) is 0 Å². The van der Waals surface area contributed by atoms with Crippen LogP contribution in [0.4, 0.5) is 23.6 Å². The van der Waals surface area contributed by atoms with E-state index < -0.39 is 0 Å². The van der Waals surface area contributed by atoms with Crippen LogP contribution in [0.2, 0.25) is 0 Å². The Morgan fingerprint density at radius 1 is 0.923 bits per heavy atom. The van der Waals surface area contributed by atoms with Gasteiger partial charge in [0.2, 0.25) is 23.5 Å². The monoisotopic (exact) mass is 352 g/mol. The SMILES string of the molecule is Nc1nc(Nc2ccccc2)nc(-c2noc(NC3CCCCC3)n2)n1. The third kappa shape index (κ3) is 3.88. The minimum atomic E-state index is 0.0834. The Balaban J connectivity index is 1.52. The van der Waals surface area contributed by atoms with E-state index in [9.17, 15) is 0 Å². The first-order valence-corrected chi connectivity index (χ1v) is 8.70. The third-order valence-corrected chi connectivity index (χ3v) is 4.24. The van der Waals surface area contributed by atoms with Crippen LogP contribution in [-0.2, 0) is 0 Å². The van der Waals surface area contributed by atoms with E-state index in [0.29, 0.717) is 18.0 Å². The van der Waals surface area contributed by atoms with Crippen LogP contribution in [0.15, 0.2) is 34.9 Å². The molecule has 1 saturated carbocycles. The second kappa shape index (κ2) is 7.34. The van der Waals surface area contributed by atoms with Crippen molar-refractivity contribution >= 4 is 23.6 Å². The molecule has 1 aromatic carbocycles. The van der Waals surface area contributed by atoms with Crippen LogP contribution in [0.25, 0.3) is 11.6 Å². The lowest BCUT2D eigenvalue weighted by Crippen LogP contribution is -2.22. The molecule has 0 bridgehead atoms. The van der Waals surface area contributed by atoms with Gasteiger partial charge < -0.3 is 20.9 Å². The van der Waals surface area contributed by atoms with Gasteiger partial charge in [-0.05, 0) is 25.0 Å². The van der Waals surface area contributed by atoms with Gasteiger partial charge in [-0.15, -0.1) is 0 Å². The maximum absolute atomic E-state index is 5.80. The van der Waals surface area contributed by atoms with Crippen molar-refractivity contribution in [3.05, 3.63) is 30.3 Å². The molecule has 1 aliphatic rings. The molecule has 0 spiro atoms. The van der Waals surface area contributed by atoms with Gasteiger partial charge in [-0.2, -0.15) is 19.9 Å². The van der Waals surface area contributed by atoms with Gasteiger partial charge in [0.25, 0.3) is 0 Å². The highest BCUT2D eigenvalue weighted by Crippen LogP contribution is 2.22. The van der Waals surface area contributed by atoms with E-state index >= 15 is 0 Å². The minimum absolute atomic E-state index is 0.0834. The molecular weight excluding hydrogens is 332 g/mol. The molecule has 0 unspecified atom stereocenters. The normalized spacial score (nSPS) is 14.9. The Kier molecular flexibility index (Phi) is 4.59. The molecule has 0 radical (unpaired) electrons. The number of hydrogen-bond acceptors (Lipinski definition) is 9. The summed E-state index contributed by atoms with van der Waals surface area (Å²) in [5.74, 6) is 0.940. The van der Waals surface area contributed by atoms with Gasteiger partial charge in [-0.3, -0.25) is 0 Å². The third-order valence-electron chi connectivity index (χ3n) is 4.24. The zero-order chi connectivity index (χ0) is 17.8. The van der Waals surface area contributed by atoms with Gasteiger partial charge in [-0.1, -0.05) is 42.6 Å². The Hall–Kier alpha value is -3.23. The zero-order valence-electron chi connectivity index (χ0n) is 14.2. The summed E-state index contributed by atoms with van der Waals surface area (Å²) in [7, 11) is 0. The first kappa shape index (κ1) is 16.2. The van der Waals surface area contributed by atoms with Crippen molar-refractivity contribution in [3.63, 3.8) is 0 Å². The van der Waals surface area contributed by atoms with E-state index in [1.807, 2.05) is 30.3 Å². The highest BCUT2D eigenvalue weighted by Gasteiger charge is 2.18. The Labute approximate surface area is 150 Å². The molecule has 26 heavy (non-hydrogen) atoms. The molecule has 9 nitrogen and oxygen atoms in total. The van der Waals surface area contributed by atoms with Crippen molar-refractivity contribution < 1.29 is 4.52 Å². The lowest BCUT2D eigenvalue weighted by molar-refractivity contribution is 0.407. The molecule has 0 amide bonds. The molecular formula is C17H20N8O. The number of nitrogens with zero attached hydrogens (tertiary/aromatic N) is 5. The number of anilines is 4. The number of nitrogen functional groups attached to an aromatic ring is 1. The van der Waals surface area contributed by atoms with Crippen molar-refractivity contribution in [2.75, 3.05) is 16.4 Å². The highest BCUT2D eigenvalue weighted by molar-refractivity contribution is 5.56. The summed E-state index contributed by atoms with van der Waals surface area (Å²) in [4.78, 5) is 16.9. The molecule has 3 aromatic rings. The van der Waals surface area contributed by atoms with Gasteiger partial charge in [0, 0.05) is 11.7 Å². The van der Waals surface area contributed by atoms with Crippen LogP contribution in [0.1, 0.15) is 32.1 Å². The zero-order valence-corrected chi connectivity index (χ0v) is 14.2. The van der Waals surface area contributed by atoms with E-state index in [1.165, 1.54) is 19.3 Å². The van der Waals surface area contributed by atoms with Crippen molar-refractivity contribution in [1.29, 1.82) is 0 Å². The van der Waals surface area contributed by atoms with Crippen molar-refractivity contribution in [2.24, 2.45) is 0 Å². The van der Waals surface area contributed by atoms with Crippen molar-refractivity contribution in [1.82, 2.24) is 25.1 Å². The van der Waals surface area contributed by atoms with Gasteiger partial charge in [0.15, 0.2) is 0 Å². The van der Waals surface area contributed by atoms with Crippen LogP contribution >= 0.6 is 0 Å². The summed E-state index contributed by atoms with van der Waals surface area (Å²) >= 11 is 0. The molecule has 0 aliphatic heterocycles. The second-order valence-corrected chi connectivity index (χ2v) is 6.23. The number of aromatic nitrogens is 5. The maximum atomic E-state index is 5.80. The van der Waals surface area contributed by atoms with Crippen LogP contribution in [-0.4, -0.2) is 31.1 Å². The summed E-state index contributed by atoms with van der Waals surface area (Å²) in [6, 6.07) is 10.3. The average molecular weight is 352 g/mol. The molecule has 1 aliphatic carbocycles. The fourth-order valence-corrected chi connectivity index (χ4v) is 2.99. The predicted molar refractivity (Wildman–Crippen MR) is 97.8 cm³/mol. The molecule has 2 aromatic heterocycles. The number of para-hydroxylation sites is 1. The number of nitrogens with one attached hydrogen (secondary N) is 2. The van der Waals surface area contributed by atoms with Crippen LogP contribution in [0.5, 0.6) is 0 Å². The Morgan fingerprint density at radius 3 is 2.54 bits per heavy atom. The van der Waals surface area contributed by atoms with E-state index in [4.69, 9.17) is 10.3 Å². The smallest absolute Gasteiger partial charge is 0.322 e. The average Bonchev–Trinajstić information content (AvgIpc) is 3.11. The molecule has 0 saturated heterocycles. The topological polar surface area (TPSA) is 128 Å². The fraction of sp³-hybridized carbons (Fsp3) is 0.353. The number of rotatable bonds is 5. The van der Waals surface area contributed by atoms with Gasteiger partial charge >= 0.3 is 6.01 Å². The quantitative estimate of drug-likeness (QED) is 0.634. The number of nitrogens with two attached hydrogens (primary N) is 1. The Bertz CT molecular complexity index is 860. The first-order chi connectivity index (χ1) is 12.8. The molecule has 9 heteroatoms. The standard InChI is InChI=1S/C17H20N8O/c18-15-21-13(22-16(24-15)19-11-7-3-1-4-8-11)14-23-17(26-25-14)20-12-9-5-2-6-10-12/h1,3-4,7-8,12H,2,5-6,9-10H2,(H,20,23,25)(H3,18,19,21,22,24). The lowest BCUT2D eigenvalue weighted by atomic mass is 9.96. The van der Waals surface area contributed by atoms with Gasteiger partial charge in [-0.25, -0.2) is 0 Å². The summed E-state index contributed by atoms with van der Waals surface area (Å²) < 4.78 is 5.29. The van der Waals surface area contributed by atoms with Crippen molar-refractivity contribution in [3.8, 4) is 11.6 Å². The molecule has 1 fully saturated rings. The molecule has 0 atom stereocenters. The maximum Gasteiger partial charge on any atom is 0.322 e. The van der Waals surface area contributed by atoms with Crippen molar-refractivity contribution in [2.45, 2.75) is 38.1 Å². The molecule has 2 heterocycles.